The summed E-state index contributed by atoms with van der Waals surface area (Å²) in [4.78, 5) is 0. The quantitative estimate of drug-likeness (QED) is 0.661. The number of piperidine rings is 1. The van der Waals surface area contributed by atoms with Crippen molar-refractivity contribution in [2.24, 2.45) is 0 Å². The minimum absolute atomic E-state index is 0.0798. The van der Waals surface area contributed by atoms with E-state index >= 15 is 0 Å². The van der Waals surface area contributed by atoms with Crippen LogP contribution in [0.1, 0.15) is 46.0 Å². The second kappa shape index (κ2) is 7.87. The van der Waals surface area contributed by atoms with Crippen LogP contribution in [-0.4, -0.2) is 57.2 Å². The van der Waals surface area contributed by atoms with Gasteiger partial charge in [-0.15, -0.1) is 0 Å². The first-order chi connectivity index (χ1) is 10.0. The van der Waals surface area contributed by atoms with Gasteiger partial charge in [-0.3, -0.25) is 0 Å². The minimum atomic E-state index is -3.43. The molecule has 0 radical (unpaired) electrons. The van der Waals surface area contributed by atoms with Gasteiger partial charge < -0.3 is 10.1 Å². The van der Waals surface area contributed by atoms with Crippen molar-refractivity contribution >= 4 is 10.2 Å². The molecule has 1 saturated carbocycles. The number of nitrogens with zero attached hydrogens (tertiary/aromatic N) is 1. The predicted octanol–water partition coefficient (Wildman–Crippen LogP) is 0.852. The lowest BCUT2D eigenvalue weighted by Gasteiger charge is -2.35. The van der Waals surface area contributed by atoms with E-state index < -0.39 is 10.2 Å². The molecule has 0 bridgehead atoms. The number of hydrogen-bond acceptors (Lipinski definition) is 4. The molecule has 2 unspecified atom stereocenters. The van der Waals surface area contributed by atoms with Crippen LogP contribution >= 0.6 is 0 Å². The third kappa shape index (κ3) is 5.49. The maximum atomic E-state index is 12.6. The molecule has 2 atom stereocenters. The molecular weight excluding hydrogens is 290 g/mol. The Kier molecular flexibility index (Phi) is 6.43. The molecule has 0 spiro atoms. The number of nitrogens with one attached hydrogen (secondary N) is 2. The van der Waals surface area contributed by atoms with E-state index in [4.69, 9.17) is 4.74 Å². The minimum Gasteiger partial charge on any atom is -0.380 e. The van der Waals surface area contributed by atoms with Crippen molar-refractivity contribution in [2.75, 3.05) is 26.3 Å². The molecule has 1 aliphatic carbocycles. The van der Waals surface area contributed by atoms with Crippen molar-refractivity contribution in [1.82, 2.24) is 14.3 Å². The molecule has 2 N–H and O–H groups in total. The molecule has 0 aromatic carbocycles. The van der Waals surface area contributed by atoms with Crippen LogP contribution in [-0.2, 0) is 14.9 Å². The molecule has 1 aliphatic heterocycles. The fourth-order valence-electron chi connectivity index (χ4n) is 2.74. The number of ether oxygens (including phenoxy) is 1. The van der Waals surface area contributed by atoms with Crippen LogP contribution in [0.4, 0.5) is 0 Å². The van der Waals surface area contributed by atoms with E-state index in [1.165, 1.54) is 12.8 Å². The van der Waals surface area contributed by atoms with Gasteiger partial charge in [0.15, 0.2) is 0 Å². The zero-order valence-electron chi connectivity index (χ0n) is 13.2. The molecule has 2 rings (SSSR count). The Labute approximate surface area is 128 Å². The van der Waals surface area contributed by atoms with E-state index in [1.54, 1.807) is 4.31 Å². The second-order valence-electron chi connectivity index (χ2n) is 6.13. The van der Waals surface area contributed by atoms with Crippen LogP contribution in [0, 0.1) is 0 Å². The van der Waals surface area contributed by atoms with E-state index in [-0.39, 0.29) is 12.1 Å². The fraction of sp³-hybridized carbons (Fsp3) is 1.00. The first kappa shape index (κ1) is 17.1. The lowest BCUT2D eigenvalue weighted by Crippen LogP contribution is -2.54. The van der Waals surface area contributed by atoms with Crippen molar-refractivity contribution in [1.29, 1.82) is 0 Å². The average molecular weight is 319 g/mol. The van der Waals surface area contributed by atoms with Crippen molar-refractivity contribution in [3.63, 3.8) is 0 Å². The largest absolute Gasteiger partial charge is 0.380 e. The van der Waals surface area contributed by atoms with Crippen LogP contribution in [0.15, 0.2) is 0 Å². The SMILES string of the molecule is CCOCC(C)NS(=O)(=O)N1CCCCC1CNC1CC1. The Balaban J connectivity index is 1.90. The van der Waals surface area contributed by atoms with Crippen molar-refractivity contribution in [3.8, 4) is 0 Å². The van der Waals surface area contributed by atoms with Crippen LogP contribution in [0.3, 0.4) is 0 Å². The normalized spacial score (nSPS) is 25.9. The van der Waals surface area contributed by atoms with Gasteiger partial charge in [0.25, 0.3) is 10.2 Å². The van der Waals surface area contributed by atoms with E-state index in [9.17, 15) is 8.42 Å². The predicted molar refractivity (Wildman–Crippen MR) is 83.4 cm³/mol. The summed E-state index contributed by atoms with van der Waals surface area (Å²) < 4.78 is 34.8. The van der Waals surface area contributed by atoms with Crippen molar-refractivity contribution in [3.05, 3.63) is 0 Å². The molecule has 124 valence electrons. The number of rotatable bonds is 9. The van der Waals surface area contributed by atoms with Crippen LogP contribution in [0.5, 0.6) is 0 Å². The highest BCUT2D eigenvalue weighted by molar-refractivity contribution is 7.87. The first-order valence-corrected chi connectivity index (χ1v) is 9.57. The summed E-state index contributed by atoms with van der Waals surface area (Å²) in [5.41, 5.74) is 0. The van der Waals surface area contributed by atoms with Gasteiger partial charge in [0.2, 0.25) is 0 Å². The van der Waals surface area contributed by atoms with E-state index in [2.05, 4.69) is 10.0 Å². The summed E-state index contributed by atoms with van der Waals surface area (Å²) in [6.45, 7) is 6.15. The molecule has 0 aromatic heterocycles. The molecular formula is C14H29N3O3S. The molecule has 7 heteroatoms. The van der Waals surface area contributed by atoms with E-state index in [1.807, 2.05) is 13.8 Å². The molecule has 21 heavy (non-hydrogen) atoms. The highest BCUT2D eigenvalue weighted by Crippen LogP contribution is 2.22. The van der Waals surface area contributed by atoms with E-state index in [0.29, 0.717) is 25.8 Å². The van der Waals surface area contributed by atoms with Gasteiger partial charge >= 0.3 is 0 Å². The van der Waals surface area contributed by atoms with Gasteiger partial charge in [-0.2, -0.15) is 17.4 Å². The molecule has 1 heterocycles. The summed E-state index contributed by atoms with van der Waals surface area (Å²) in [5, 5.41) is 3.46. The summed E-state index contributed by atoms with van der Waals surface area (Å²) in [7, 11) is -3.43. The Hall–Kier alpha value is -0.210. The van der Waals surface area contributed by atoms with Crippen LogP contribution in [0.25, 0.3) is 0 Å². The second-order valence-corrected chi connectivity index (χ2v) is 7.78. The first-order valence-electron chi connectivity index (χ1n) is 8.13. The lowest BCUT2D eigenvalue weighted by atomic mass is 10.1. The number of hydrogen-bond donors (Lipinski definition) is 2. The topological polar surface area (TPSA) is 70.7 Å². The third-order valence-electron chi connectivity index (χ3n) is 4.02. The summed E-state index contributed by atoms with van der Waals surface area (Å²) in [6.07, 6.45) is 5.45. The standard InChI is InChI=1S/C14H29N3O3S/c1-3-20-11-12(2)16-21(18,19)17-9-5-4-6-14(17)10-15-13-7-8-13/h12-16H,3-11H2,1-2H3. The van der Waals surface area contributed by atoms with E-state index in [0.717, 1.165) is 25.8 Å². The Bertz CT molecular complexity index is 412. The Morgan fingerprint density at radius 2 is 2.05 bits per heavy atom. The molecule has 6 nitrogen and oxygen atoms in total. The lowest BCUT2D eigenvalue weighted by molar-refractivity contribution is 0.132. The fourth-order valence-corrected chi connectivity index (χ4v) is 4.39. The maximum absolute atomic E-state index is 12.6. The molecule has 2 fully saturated rings. The summed E-state index contributed by atoms with van der Waals surface area (Å²) in [5.74, 6) is 0. The Morgan fingerprint density at radius 3 is 2.71 bits per heavy atom. The molecule has 1 saturated heterocycles. The summed E-state index contributed by atoms with van der Waals surface area (Å²) in [6, 6.07) is 0.492. The molecule has 2 aliphatic rings. The molecule has 0 aromatic rings. The van der Waals surface area contributed by atoms with Gasteiger partial charge in [0, 0.05) is 37.8 Å². The van der Waals surface area contributed by atoms with Gasteiger partial charge in [-0.05, 0) is 39.5 Å². The van der Waals surface area contributed by atoms with Gasteiger partial charge in [0.1, 0.15) is 0 Å². The molecule has 0 amide bonds. The third-order valence-corrected chi connectivity index (χ3v) is 5.82. The maximum Gasteiger partial charge on any atom is 0.280 e. The van der Waals surface area contributed by atoms with Crippen molar-refractivity contribution < 1.29 is 13.2 Å². The monoisotopic (exact) mass is 319 g/mol. The Morgan fingerprint density at radius 1 is 1.29 bits per heavy atom. The van der Waals surface area contributed by atoms with Gasteiger partial charge in [-0.1, -0.05) is 6.42 Å². The highest BCUT2D eigenvalue weighted by atomic mass is 32.2. The zero-order chi connectivity index (χ0) is 15.3. The van der Waals surface area contributed by atoms with Crippen molar-refractivity contribution in [2.45, 2.75) is 64.1 Å². The van der Waals surface area contributed by atoms with Crippen LogP contribution < -0.4 is 10.0 Å². The highest BCUT2D eigenvalue weighted by Gasteiger charge is 2.34. The average Bonchev–Trinajstić information content (AvgIpc) is 3.27. The summed E-state index contributed by atoms with van der Waals surface area (Å²) >= 11 is 0. The van der Waals surface area contributed by atoms with Crippen LogP contribution in [0.2, 0.25) is 0 Å². The smallest absolute Gasteiger partial charge is 0.280 e. The zero-order valence-corrected chi connectivity index (χ0v) is 14.0. The van der Waals surface area contributed by atoms with Gasteiger partial charge in [0.05, 0.1) is 6.61 Å². The van der Waals surface area contributed by atoms with Gasteiger partial charge in [-0.25, -0.2) is 0 Å².